The second-order valence-corrected chi connectivity index (χ2v) is 14.8. The quantitative estimate of drug-likeness (QED) is 0.192. The molecule has 3 heterocycles. The number of nitrogens with zero attached hydrogens (tertiary/aromatic N) is 4. The fourth-order valence-corrected chi connectivity index (χ4v) is 6.62. The summed E-state index contributed by atoms with van der Waals surface area (Å²) < 4.78 is 8.88. The Morgan fingerprint density at radius 3 is 2.21 bits per heavy atom. The normalized spacial score (nSPS) is 13.9. The number of fused-ring (bicyclic) bond motifs is 3. The second kappa shape index (κ2) is 11.3. The van der Waals surface area contributed by atoms with Crippen LogP contribution in [0.3, 0.4) is 0 Å². The van der Waals surface area contributed by atoms with Gasteiger partial charge in [0.2, 0.25) is 0 Å². The van der Waals surface area contributed by atoms with Crippen LogP contribution in [0.15, 0.2) is 115 Å². The van der Waals surface area contributed by atoms with E-state index in [9.17, 15) is 0 Å². The maximum atomic E-state index is 6.63. The third-order valence-corrected chi connectivity index (χ3v) is 9.37. The molecule has 1 aliphatic heterocycles. The molecule has 0 spiro atoms. The van der Waals surface area contributed by atoms with Crippen molar-refractivity contribution in [2.24, 2.45) is 5.41 Å². The van der Waals surface area contributed by atoms with Gasteiger partial charge in [-0.1, -0.05) is 77.9 Å². The molecule has 0 unspecified atom stereocenters. The van der Waals surface area contributed by atoms with E-state index in [-0.39, 0.29) is 10.8 Å². The standard InChI is InChI=1S/C42H44N4O/c1-28-13-11-18-36(29(28)2)44-26-39(42(6,7)8)45(27-44)31-14-12-15-32(24-31)47-33-19-20-35-34-16-9-10-17-37(34)46(38(35)25-33)40-23-30(21-22-43-40)41(3,4)5/h9-26H,27H2,1-8H3. The highest BCUT2D eigenvalue weighted by Gasteiger charge is 2.32. The van der Waals surface area contributed by atoms with Crippen LogP contribution in [-0.4, -0.2) is 16.2 Å². The summed E-state index contributed by atoms with van der Waals surface area (Å²) in [6.07, 6.45) is 4.23. The molecule has 0 radical (unpaired) electrons. The Balaban J connectivity index is 1.25. The number of rotatable bonds is 5. The SMILES string of the molecule is Cc1cccc(N2C=C(C(C)(C)C)N(c3cccc(Oc4ccc5c6ccccc6n(-c6cc(C(C)(C)C)ccn6)c5c4)c3)C2)c1C. The highest BCUT2D eigenvalue weighted by Crippen LogP contribution is 2.41. The highest BCUT2D eigenvalue weighted by molar-refractivity contribution is 6.09. The fourth-order valence-electron chi connectivity index (χ4n) is 6.62. The molecule has 0 saturated carbocycles. The van der Waals surface area contributed by atoms with Crippen molar-refractivity contribution >= 4 is 33.2 Å². The van der Waals surface area contributed by atoms with Crippen molar-refractivity contribution in [3.05, 3.63) is 132 Å². The van der Waals surface area contributed by atoms with Crippen LogP contribution in [0.5, 0.6) is 11.5 Å². The number of aryl methyl sites for hydroxylation is 1. The van der Waals surface area contributed by atoms with Gasteiger partial charge in [0.15, 0.2) is 0 Å². The number of ether oxygens (including phenoxy) is 1. The molecule has 47 heavy (non-hydrogen) atoms. The number of allylic oxidation sites excluding steroid dienone is 1. The van der Waals surface area contributed by atoms with Gasteiger partial charge < -0.3 is 14.5 Å². The summed E-state index contributed by atoms with van der Waals surface area (Å²) in [6, 6.07) is 34.2. The first-order valence-electron chi connectivity index (χ1n) is 16.5. The van der Waals surface area contributed by atoms with Gasteiger partial charge in [-0.15, -0.1) is 0 Å². The second-order valence-electron chi connectivity index (χ2n) is 14.8. The molecule has 7 rings (SSSR count). The van der Waals surface area contributed by atoms with Gasteiger partial charge in [0, 0.05) is 57.8 Å². The van der Waals surface area contributed by atoms with E-state index in [4.69, 9.17) is 9.72 Å². The first kappa shape index (κ1) is 30.6. The molecule has 0 fully saturated rings. The van der Waals surface area contributed by atoms with Crippen LogP contribution in [0.1, 0.15) is 58.2 Å². The van der Waals surface area contributed by atoms with E-state index in [1.54, 1.807) is 0 Å². The zero-order valence-corrected chi connectivity index (χ0v) is 28.8. The largest absolute Gasteiger partial charge is 0.457 e. The van der Waals surface area contributed by atoms with Crippen molar-refractivity contribution in [1.82, 2.24) is 9.55 Å². The molecule has 238 valence electrons. The van der Waals surface area contributed by atoms with Crippen molar-refractivity contribution in [1.29, 1.82) is 0 Å². The predicted octanol–water partition coefficient (Wildman–Crippen LogP) is 11.1. The maximum Gasteiger partial charge on any atom is 0.137 e. The van der Waals surface area contributed by atoms with E-state index in [0.29, 0.717) is 0 Å². The van der Waals surface area contributed by atoms with Crippen LogP contribution in [0.4, 0.5) is 11.4 Å². The molecule has 5 heteroatoms. The minimum Gasteiger partial charge on any atom is -0.457 e. The summed E-state index contributed by atoms with van der Waals surface area (Å²) in [5.41, 5.74) is 9.65. The van der Waals surface area contributed by atoms with Crippen LogP contribution in [0.2, 0.25) is 0 Å². The Hall–Kier alpha value is -5.03. The average Bonchev–Trinajstić information content (AvgIpc) is 3.63. The summed E-state index contributed by atoms with van der Waals surface area (Å²) in [4.78, 5) is 9.61. The Bertz CT molecular complexity index is 2160. The van der Waals surface area contributed by atoms with Crippen LogP contribution in [0.25, 0.3) is 27.6 Å². The molecule has 0 saturated heterocycles. The highest BCUT2D eigenvalue weighted by atomic mass is 16.5. The van der Waals surface area contributed by atoms with Crippen molar-refractivity contribution in [3.63, 3.8) is 0 Å². The average molecular weight is 621 g/mol. The summed E-state index contributed by atoms with van der Waals surface area (Å²) in [7, 11) is 0. The van der Waals surface area contributed by atoms with Crippen molar-refractivity contribution < 1.29 is 4.74 Å². The molecule has 4 aromatic carbocycles. The minimum atomic E-state index is -0.0415. The van der Waals surface area contributed by atoms with Crippen molar-refractivity contribution in [2.75, 3.05) is 16.5 Å². The zero-order chi connectivity index (χ0) is 33.1. The van der Waals surface area contributed by atoms with E-state index in [0.717, 1.165) is 40.7 Å². The van der Waals surface area contributed by atoms with Gasteiger partial charge in [-0.05, 0) is 84.5 Å². The molecule has 0 amide bonds. The predicted molar refractivity (Wildman–Crippen MR) is 197 cm³/mol. The number of benzene rings is 4. The molecule has 0 bridgehead atoms. The number of para-hydroxylation sites is 1. The lowest BCUT2D eigenvalue weighted by Gasteiger charge is -2.31. The number of hydrogen-bond acceptors (Lipinski definition) is 4. The third kappa shape index (κ3) is 5.65. The lowest BCUT2D eigenvalue weighted by atomic mass is 9.88. The molecule has 5 nitrogen and oxygen atoms in total. The Kier molecular flexibility index (Phi) is 7.39. The Morgan fingerprint density at radius 2 is 1.43 bits per heavy atom. The topological polar surface area (TPSA) is 33.5 Å². The third-order valence-electron chi connectivity index (χ3n) is 9.37. The van der Waals surface area contributed by atoms with Gasteiger partial charge in [0.1, 0.15) is 17.3 Å². The molecule has 1 aliphatic rings. The molecule has 6 aromatic rings. The first-order valence-corrected chi connectivity index (χ1v) is 16.5. The van der Waals surface area contributed by atoms with Gasteiger partial charge in [0.25, 0.3) is 0 Å². The number of anilines is 2. The Labute approximate surface area is 278 Å². The Morgan fingerprint density at radius 1 is 0.681 bits per heavy atom. The number of pyridine rings is 1. The van der Waals surface area contributed by atoms with Gasteiger partial charge >= 0.3 is 0 Å². The number of aromatic nitrogens is 2. The summed E-state index contributed by atoms with van der Waals surface area (Å²) in [6.45, 7) is 18.7. The molecule has 0 aliphatic carbocycles. The molecule has 2 aromatic heterocycles. The van der Waals surface area contributed by atoms with Crippen LogP contribution in [-0.2, 0) is 5.41 Å². The van der Waals surface area contributed by atoms with Gasteiger partial charge in [-0.25, -0.2) is 4.98 Å². The van der Waals surface area contributed by atoms with Crippen molar-refractivity contribution in [2.45, 2.75) is 60.8 Å². The summed E-state index contributed by atoms with van der Waals surface area (Å²) >= 11 is 0. The molecular formula is C42H44N4O. The monoisotopic (exact) mass is 620 g/mol. The molecular weight excluding hydrogens is 576 g/mol. The van der Waals surface area contributed by atoms with Crippen LogP contribution >= 0.6 is 0 Å². The first-order chi connectivity index (χ1) is 22.4. The van der Waals surface area contributed by atoms with Gasteiger partial charge in [0.05, 0.1) is 17.7 Å². The number of hydrogen-bond donors (Lipinski definition) is 0. The van der Waals surface area contributed by atoms with Crippen LogP contribution < -0.4 is 14.5 Å². The van der Waals surface area contributed by atoms with E-state index in [1.807, 2.05) is 12.3 Å². The lowest BCUT2D eigenvalue weighted by Crippen LogP contribution is -2.30. The smallest absolute Gasteiger partial charge is 0.137 e. The lowest BCUT2D eigenvalue weighted by molar-refractivity contribution is 0.481. The van der Waals surface area contributed by atoms with E-state index in [2.05, 4.69) is 167 Å². The fraction of sp³-hybridized carbons (Fsp3) is 0.262. The molecule has 0 atom stereocenters. The van der Waals surface area contributed by atoms with Crippen LogP contribution in [0, 0.1) is 19.3 Å². The van der Waals surface area contributed by atoms with Gasteiger partial charge in [-0.3, -0.25) is 4.57 Å². The van der Waals surface area contributed by atoms with Gasteiger partial charge in [-0.2, -0.15) is 0 Å². The summed E-state index contributed by atoms with van der Waals surface area (Å²) in [5, 5.41) is 2.37. The maximum absolute atomic E-state index is 6.63. The van der Waals surface area contributed by atoms with E-state index < -0.39 is 0 Å². The zero-order valence-electron chi connectivity index (χ0n) is 28.8. The van der Waals surface area contributed by atoms with E-state index in [1.165, 1.54) is 38.8 Å². The van der Waals surface area contributed by atoms with E-state index >= 15 is 0 Å². The van der Waals surface area contributed by atoms with Crippen molar-refractivity contribution in [3.8, 4) is 17.3 Å². The summed E-state index contributed by atoms with van der Waals surface area (Å²) in [5.74, 6) is 2.50. The minimum absolute atomic E-state index is 0.0169. The molecule has 0 N–H and O–H groups in total.